The zero-order chi connectivity index (χ0) is 19.1. The molecule has 2 amide bonds. The van der Waals surface area contributed by atoms with Crippen LogP contribution in [0, 0.1) is 6.92 Å². The number of anilines is 2. The summed E-state index contributed by atoms with van der Waals surface area (Å²) in [5.74, 6) is 0.863. The van der Waals surface area contributed by atoms with Crippen molar-refractivity contribution in [1.82, 2.24) is 0 Å². The number of carbonyl (C=O) groups is 2. The van der Waals surface area contributed by atoms with Gasteiger partial charge in [-0.05, 0) is 35.7 Å². The number of amides is 2. The lowest BCUT2D eigenvalue weighted by Crippen LogP contribution is -2.24. The first kappa shape index (κ1) is 17.7. The Labute approximate surface area is 161 Å². The number of rotatable bonds is 3. The van der Waals surface area contributed by atoms with Gasteiger partial charge in [0.25, 0.3) is 0 Å². The zero-order valence-corrected chi connectivity index (χ0v) is 15.8. The molecule has 140 valence electrons. The molecule has 1 atom stereocenters. The van der Waals surface area contributed by atoms with Crippen LogP contribution >= 0.6 is 11.6 Å². The van der Waals surface area contributed by atoms with Gasteiger partial charge in [0.1, 0.15) is 0 Å². The first-order valence-electron chi connectivity index (χ1n) is 8.79. The minimum Gasteiger partial charge on any atom is -0.454 e. The molecular weight excluding hydrogens is 368 g/mol. The van der Waals surface area contributed by atoms with Gasteiger partial charge in [0.2, 0.25) is 18.6 Å². The van der Waals surface area contributed by atoms with E-state index in [0.717, 1.165) is 16.7 Å². The Morgan fingerprint density at radius 2 is 1.96 bits per heavy atom. The molecular formula is C20H19ClN2O4. The molecule has 2 aromatic rings. The third-order valence-corrected chi connectivity index (χ3v) is 5.23. The summed E-state index contributed by atoms with van der Waals surface area (Å²) in [5.41, 5.74) is 4.08. The standard InChI is InChI=1S/C20H19ClN2O4/c1-3-19(24)22-15-8-16-13(4-10(15)2)11(6-20(25)23-16)12-5-17-18(7-14(12)21)27-9-26-17/h4-5,7-8,11H,3,6,9H2,1-2H3,(H,22,24)(H,23,25)/t11-/m1/s1. The van der Waals surface area contributed by atoms with Crippen molar-refractivity contribution in [2.24, 2.45) is 0 Å². The molecule has 4 rings (SSSR count). The first-order chi connectivity index (χ1) is 13.0. The van der Waals surface area contributed by atoms with Crippen molar-refractivity contribution in [2.75, 3.05) is 17.4 Å². The summed E-state index contributed by atoms with van der Waals surface area (Å²) in [6.07, 6.45) is 0.671. The summed E-state index contributed by atoms with van der Waals surface area (Å²) < 4.78 is 10.8. The molecule has 0 saturated carbocycles. The van der Waals surface area contributed by atoms with Crippen molar-refractivity contribution in [3.8, 4) is 11.5 Å². The summed E-state index contributed by atoms with van der Waals surface area (Å²) in [6.45, 7) is 3.89. The number of hydrogen-bond acceptors (Lipinski definition) is 4. The van der Waals surface area contributed by atoms with Crippen molar-refractivity contribution in [3.05, 3.63) is 46.0 Å². The third-order valence-electron chi connectivity index (χ3n) is 4.90. The molecule has 2 aromatic carbocycles. The molecule has 7 heteroatoms. The van der Waals surface area contributed by atoms with Crippen LogP contribution in [0.25, 0.3) is 0 Å². The fourth-order valence-electron chi connectivity index (χ4n) is 3.47. The summed E-state index contributed by atoms with van der Waals surface area (Å²) in [7, 11) is 0. The van der Waals surface area contributed by atoms with Gasteiger partial charge in [0.05, 0.1) is 0 Å². The number of halogens is 1. The van der Waals surface area contributed by atoms with Gasteiger partial charge in [-0.1, -0.05) is 24.6 Å². The van der Waals surface area contributed by atoms with Gasteiger partial charge in [-0.2, -0.15) is 0 Å². The van der Waals surface area contributed by atoms with Gasteiger partial charge >= 0.3 is 0 Å². The Hall–Kier alpha value is -2.73. The lowest BCUT2D eigenvalue weighted by atomic mass is 9.83. The monoisotopic (exact) mass is 386 g/mol. The Kier molecular flexibility index (Phi) is 4.44. The van der Waals surface area contributed by atoms with Gasteiger partial charge in [0.15, 0.2) is 11.5 Å². The quantitative estimate of drug-likeness (QED) is 0.828. The summed E-state index contributed by atoms with van der Waals surface area (Å²) in [5, 5.41) is 6.31. The SMILES string of the molecule is CCC(=O)Nc1cc2c(cc1C)[C@@H](c1cc3c(cc1Cl)OCO3)CC(=O)N2. The normalized spacial score (nSPS) is 17.3. The topological polar surface area (TPSA) is 76.7 Å². The second-order valence-corrected chi connectivity index (χ2v) is 7.10. The van der Waals surface area contributed by atoms with Crippen LogP contribution < -0.4 is 20.1 Å². The molecule has 27 heavy (non-hydrogen) atoms. The minimum atomic E-state index is -0.203. The van der Waals surface area contributed by atoms with Crippen LogP contribution in [0.1, 0.15) is 42.4 Å². The fourth-order valence-corrected chi connectivity index (χ4v) is 3.76. The lowest BCUT2D eigenvalue weighted by Gasteiger charge is -2.28. The smallest absolute Gasteiger partial charge is 0.231 e. The molecule has 0 unspecified atom stereocenters. The van der Waals surface area contributed by atoms with E-state index in [4.69, 9.17) is 21.1 Å². The van der Waals surface area contributed by atoms with Crippen molar-refractivity contribution in [2.45, 2.75) is 32.6 Å². The van der Waals surface area contributed by atoms with E-state index in [9.17, 15) is 9.59 Å². The van der Waals surface area contributed by atoms with Crippen molar-refractivity contribution >= 4 is 34.8 Å². The van der Waals surface area contributed by atoms with E-state index < -0.39 is 0 Å². The second kappa shape index (κ2) is 6.78. The van der Waals surface area contributed by atoms with Crippen LogP contribution in [-0.4, -0.2) is 18.6 Å². The molecule has 6 nitrogen and oxygen atoms in total. The van der Waals surface area contributed by atoms with Crippen LogP contribution in [0.5, 0.6) is 11.5 Å². The largest absolute Gasteiger partial charge is 0.454 e. The predicted molar refractivity (Wildman–Crippen MR) is 103 cm³/mol. The van der Waals surface area contributed by atoms with Crippen molar-refractivity contribution in [3.63, 3.8) is 0 Å². The number of carbonyl (C=O) groups excluding carboxylic acids is 2. The fraction of sp³-hybridized carbons (Fsp3) is 0.300. The van der Waals surface area contributed by atoms with E-state index in [-0.39, 0.29) is 30.9 Å². The Morgan fingerprint density at radius 1 is 1.22 bits per heavy atom. The zero-order valence-electron chi connectivity index (χ0n) is 15.0. The average Bonchev–Trinajstić information content (AvgIpc) is 3.08. The van der Waals surface area contributed by atoms with Gasteiger partial charge in [-0.25, -0.2) is 0 Å². The summed E-state index contributed by atoms with van der Waals surface area (Å²) in [4.78, 5) is 24.1. The second-order valence-electron chi connectivity index (χ2n) is 6.69. The third kappa shape index (κ3) is 3.21. The highest BCUT2D eigenvalue weighted by molar-refractivity contribution is 6.31. The molecule has 0 fully saturated rings. The number of ether oxygens (including phenoxy) is 2. The van der Waals surface area contributed by atoms with Crippen molar-refractivity contribution < 1.29 is 19.1 Å². The first-order valence-corrected chi connectivity index (χ1v) is 9.17. The molecule has 2 N–H and O–H groups in total. The number of aryl methyl sites for hydroxylation is 1. The van der Waals surface area contributed by atoms with Crippen LogP contribution in [0.2, 0.25) is 5.02 Å². The maximum absolute atomic E-state index is 12.3. The Balaban J connectivity index is 1.78. The van der Waals surface area contributed by atoms with Gasteiger partial charge in [-0.15, -0.1) is 0 Å². The minimum absolute atomic E-state index is 0.0736. The van der Waals surface area contributed by atoms with Gasteiger partial charge in [-0.3, -0.25) is 9.59 Å². The molecule has 0 saturated heterocycles. The molecule has 0 aromatic heterocycles. The van der Waals surface area contributed by atoms with E-state index in [1.165, 1.54) is 0 Å². The van der Waals surface area contributed by atoms with Gasteiger partial charge in [0, 0.05) is 41.2 Å². The van der Waals surface area contributed by atoms with Crippen LogP contribution in [0.4, 0.5) is 11.4 Å². The summed E-state index contributed by atoms with van der Waals surface area (Å²) in [6, 6.07) is 7.38. The molecule has 0 spiro atoms. The maximum Gasteiger partial charge on any atom is 0.231 e. The van der Waals surface area contributed by atoms with E-state index in [1.807, 2.05) is 25.1 Å². The van der Waals surface area contributed by atoms with Crippen LogP contribution in [0.3, 0.4) is 0 Å². The maximum atomic E-state index is 12.3. The van der Waals surface area contributed by atoms with Crippen LogP contribution in [0.15, 0.2) is 24.3 Å². The predicted octanol–water partition coefficient (Wildman–Crippen LogP) is 4.20. The number of benzene rings is 2. The molecule has 0 radical (unpaired) electrons. The Bertz CT molecular complexity index is 957. The van der Waals surface area contributed by atoms with Crippen molar-refractivity contribution in [1.29, 1.82) is 0 Å². The highest BCUT2D eigenvalue weighted by Gasteiger charge is 2.30. The Morgan fingerprint density at radius 3 is 2.70 bits per heavy atom. The van der Waals surface area contributed by atoms with E-state index in [1.54, 1.807) is 13.0 Å². The summed E-state index contributed by atoms with van der Waals surface area (Å²) >= 11 is 6.49. The van der Waals surface area contributed by atoms with E-state index >= 15 is 0 Å². The highest BCUT2D eigenvalue weighted by Crippen LogP contribution is 2.46. The highest BCUT2D eigenvalue weighted by atomic mass is 35.5. The lowest BCUT2D eigenvalue weighted by molar-refractivity contribution is -0.117. The van der Waals surface area contributed by atoms with E-state index in [2.05, 4.69) is 10.6 Å². The number of hydrogen-bond donors (Lipinski definition) is 2. The average molecular weight is 387 g/mol. The van der Waals surface area contributed by atoms with Gasteiger partial charge < -0.3 is 20.1 Å². The molecule has 0 aliphatic carbocycles. The van der Waals surface area contributed by atoms with E-state index in [0.29, 0.717) is 34.3 Å². The molecule has 0 bridgehead atoms. The molecule has 2 heterocycles. The molecule has 2 aliphatic heterocycles. The number of fused-ring (bicyclic) bond motifs is 2. The number of nitrogens with one attached hydrogen (secondary N) is 2. The molecule has 2 aliphatic rings. The van der Waals surface area contributed by atoms with Crippen LogP contribution in [-0.2, 0) is 9.59 Å².